The molecule has 0 aliphatic carbocycles. The van der Waals surface area contributed by atoms with Gasteiger partial charge in [0, 0.05) is 65.8 Å². The summed E-state index contributed by atoms with van der Waals surface area (Å²) in [7, 11) is 0. The fourth-order valence-corrected chi connectivity index (χ4v) is 7.43. The number of fused-ring (bicyclic) bond motifs is 4. The maximum atomic E-state index is 14.5. The highest BCUT2D eigenvalue weighted by molar-refractivity contribution is 6.33. The Morgan fingerprint density at radius 3 is 2.57 bits per heavy atom. The number of benzene rings is 2. The van der Waals surface area contributed by atoms with Crippen LogP contribution in [0.25, 0.3) is 28.1 Å². The van der Waals surface area contributed by atoms with E-state index in [0.29, 0.717) is 22.2 Å². The van der Waals surface area contributed by atoms with Crippen LogP contribution >= 0.6 is 11.6 Å². The van der Waals surface area contributed by atoms with Crippen molar-refractivity contribution in [2.45, 2.75) is 38.4 Å². The lowest BCUT2D eigenvalue weighted by Crippen LogP contribution is -2.51. The number of carbonyl (C=O) groups is 2. The van der Waals surface area contributed by atoms with Crippen molar-refractivity contribution in [3.63, 3.8) is 0 Å². The van der Waals surface area contributed by atoms with Crippen molar-refractivity contribution in [1.29, 1.82) is 0 Å². The van der Waals surface area contributed by atoms with E-state index in [9.17, 15) is 32.7 Å². The maximum Gasteiger partial charge on any atom is 0.416 e. The number of amides is 2. The minimum absolute atomic E-state index is 0.0281. The zero-order valence-corrected chi connectivity index (χ0v) is 29.4. The Kier molecular flexibility index (Phi) is 7.51. The first-order valence-electron chi connectivity index (χ1n) is 18.3. The fraction of sp³-hybridized carbons (Fsp3) is 0.306. The Balaban J connectivity index is 1.20. The topological polar surface area (TPSA) is 156 Å². The van der Waals surface area contributed by atoms with Crippen molar-refractivity contribution in [1.82, 2.24) is 38.6 Å². The predicted molar refractivity (Wildman–Crippen MR) is 193 cm³/mol. The van der Waals surface area contributed by atoms with Crippen molar-refractivity contribution >= 4 is 51.5 Å². The summed E-state index contributed by atoms with van der Waals surface area (Å²) < 4.78 is 67.4. The number of aromatic hydroxyl groups is 1. The Hall–Kier alpha value is -5.97. The highest BCUT2D eigenvalue weighted by atomic mass is 35.5. The zero-order valence-electron chi connectivity index (χ0n) is 31.6. The number of nitrogens with one attached hydrogen (secondary N) is 1. The molecular weight excluding hydrogens is 729 g/mol. The van der Waals surface area contributed by atoms with E-state index in [1.165, 1.54) is 17.4 Å². The third-order valence-electron chi connectivity index (χ3n) is 9.95. The standard InChI is InChI=1S/C36H32ClF3N10O4/c1-18-14-26(32(52)43-24-6-5-22(16-23(24)37)36(38,39)40)49-28(18)29(47-10-12-48(13-11-47)33(53)27-30(51)19(2)41-17-42-27)34(54)50-35(49)44-31(45-50)21-4-7-25-20(15-21)8-9-46(25)3/h4-9,15-18,26,51H,10-14H2,1-3H3,(H,43,52)/t18-,26-/m0/s1/i3D3. The lowest BCUT2D eigenvalue weighted by Gasteiger charge is -2.36. The van der Waals surface area contributed by atoms with E-state index >= 15 is 0 Å². The summed E-state index contributed by atoms with van der Waals surface area (Å²) in [5, 5.41) is 18.0. The van der Waals surface area contributed by atoms with Gasteiger partial charge in [-0.15, -0.1) is 5.10 Å². The lowest BCUT2D eigenvalue weighted by atomic mass is 10.0. The summed E-state index contributed by atoms with van der Waals surface area (Å²) in [6.45, 7) is 1.66. The van der Waals surface area contributed by atoms with E-state index in [-0.39, 0.29) is 77.7 Å². The van der Waals surface area contributed by atoms with Crippen molar-refractivity contribution in [3.8, 4) is 17.1 Å². The average molecular weight is 764 g/mol. The second-order valence-corrected chi connectivity index (χ2v) is 13.7. The fourth-order valence-electron chi connectivity index (χ4n) is 7.20. The van der Waals surface area contributed by atoms with Gasteiger partial charge in [-0.2, -0.15) is 22.7 Å². The molecule has 2 amide bonds. The molecule has 1 fully saturated rings. The number of piperazine rings is 1. The zero-order chi connectivity index (χ0) is 40.7. The molecular formula is C36H32ClF3N10O4. The largest absolute Gasteiger partial charge is 0.504 e. The number of hydrogen-bond acceptors (Lipinski definition) is 9. The summed E-state index contributed by atoms with van der Waals surface area (Å²) in [4.78, 5) is 57.9. The minimum Gasteiger partial charge on any atom is -0.504 e. The summed E-state index contributed by atoms with van der Waals surface area (Å²) >= 11 is 6.21. The van der Waals surface area contributed by atoms with Gasteiger partial charge in [-0.05, 0) is 55.8 Å². The number of nitrogens with zero attached hydrogens (tertiary/aromatic N) is 9. The first-order valence-corrected chi connectivity index (χ1v) is 17.2. The molecule has 8 rings (SSSR count). The van der Waals surface area contributed by atoms with Crippen LogP contribution in [0.4, 0.5) is 24.5 Å². The molecule has 54 heavy (non-hydrogen) atoms. The van der Waals surface area contributed by atoms with Gasteiger partial charge >= 0.3 is 6.18 Å². The molecule has 14 nitrogen and oxygen atoms in total. The molecule has 2 atom stereocenters. The summed E-state index contributed by atoms with van der Waals surface area (Å²) in [5.74, 6) is -1.71. The third kappa shape index (κ3) is 5.78. The smallest absolute Gasteiger partial charge is 0.416 e. The number of aryl methyl sites for hydroxylation is 2. The predicted octanol–water partition coefficient (Wildman–Crippen LogP) is 5.18. The van der Waals surface area contributed by atoms with Gasteiger partial charge in [0.25, 0.3) is 11.5 Å². The number of halogens is 4. The second-order valence-electron chi connectivity index (χ2n) is 13.3. The van der Waals surface area contributed by atoms with Crippen LogP contribution < -0.4 is 15.8 Å². The van der Waals surface area contributed by atoms with E-state index in [1.54, 1.807) is 40.7 Å². The molecule has 2 N–H and O–H groups in total. The Labute approximate surface area is 313 Å². The number of rotatable bonds is 5. The van der Waals surface area contributed by atoms with E-state index in [2.05, 4.69) is 20.4 Å². The van der Waals surface area contributed by atoms with Crippen LogP contribution in [0.2, 0.25) is 5.02 Å². The molecule has 4 aromatic heterocycles. The van der Waals surface area contributed by atoms with Crippen LogP contribution in [0.1, 0.15) is 56.9 Å². The summed E-state index contributed by atoms with van der Waals surface area (Å²) in [6, 6.07) is 8.15. The van der Waals surface area contributed by atoms with Crippen LogP contribution in [0, 0.1) is 6.92 Å². The average Bonchev–Trinajstić information content (AvgIpc) is 3.89. The number of hydrogen-bond donors (Lipinski definition) is 2. The molecule has 0 unspecified atom stereocenters. The van der Waals surface area contributed by atoms with Crippen LogP contribution in [0.3, 0.4) is 0 Å². The van der Waals surface area contributed by atoms with Crippen molar-refractivity contribution in [3.05, 3.63) is 93.0 Å². The number of carbonyl (C=O) groups excluding carboxylic acids is 2. The van der Waals surface area contributed by atoms with Crippen molar-refractivity contribution in [2.75, 3.05) is 36.4 Å². The van der Waals surface area contributed by atoms with E-state index < -0.39 is 48.0 Å². The van der Waals surface area contributed by atoms with Gasteiger partial charge in [-0.25, -0.2) is 9.97 Å². The molecule has 278 valence electrons. The molecule has 2 aromatic carbocycles. The minimum atomic E-state index is -4.65. The first-order chi connectivity index (χ1) is 26.9. The first kappa shape index (κ1) is 31.5. The normalized spacial score (nSPS) is 18.4. The molecule has 0 bridgehead atoms. The van der Waals surface area contributed by atoms with Gasteiger partial charge in [-0.3, -0.25) is 19.0 Å². The SMILES string of the molecule is [2H]C([2H])([2H])n1ccc2cc(-c3nc4n5c(c(N6CCN(C(=O)c7ncnc(C)c7O)CC6)c(=O)n4n3)[C@@H](C)C[C@H]5C(=O)Nc3ccc(C(F)(F)F)cc3Cl)ccc21. The summed E-state index contributed by atoms with van der Waals surface area (Å²) in [5.41, 5.74) is 0.153. The number of anilines is 2. The summed E-state index contributed by atoms with van der Waals surface area (Å²) in [6.07, 6.45) is -1.83. The van der Waals surface area contributed by atoms with Gasteiger partial charge in [0.2, 0.25) is 11.7 Å². The number of aromatic nitrogens is 7. The van der Waals surface area contributed by atoms with Gasteiger partial charge in [0.15, 0.2) is 17.3 Å². The van der Waals surface area contributed by atoms with Crippen molar-refractivity contribution in [2.24, 2.45) is 6.98 Å². The van der Waals surface area contributed by atoms with Crippen LogP contribution in [-0.2, 0) is 17.9 Å². The molecule has 2 aliphatic heterocycles. The van der Waals surface area contributed by atoms with Gasteiger partial charge in [-0.1, -0.05) is 18.5 Å². The maximum absolute atomic E-state index is 14.5. The molecule has 0 saturated carbocycles. The van der Waals surface area contributed by atoms with Gasteiger partial charge in [0.05, 0.1) is 27.7 Å². The monoisotopic (exact) mass is 763 g/mol. The van der Waals surface area contributed by atoms with E-state index in [0.717, 1.165) is 27.3 Å². The van der Waals surface area contributed by atoms with Gasteiger partial charge < -0.3 is 24.8 Å². The van der Waals surface area contributed by atoms with Crippen LogP contribution in [0.15, 0.2) is 59.8 Å². The van der Waals surface area contributed by atoms with Crippen LogP contribution in [-0.4, -0.2) is 81.7 Å². The van der Waals surface area contributed by atoms with Crippen LogP contribution in [0.5, 0.6) is 5.75 Å². The van der Waals surface area contributed by atoms with Crippen molar-refractivity contribution < 1.29 is 32.0 Å². The highest BCUT2D eigenvalue weighted by Crippen LogP contribution is 2.42. The Bertz CT molecular complexity index is 2690. The van der Waals surface area contributed by atoms with E-state index in [4.69, 9.17) is 20.7 Å². The Morgan fingerprint density at radius 2 is 1.85 bits per heavy atom. The third-order valence-corrected chi connectivity index (χ3v) is 10.3. The van der Waals surface area contributed by atoms with Gasteiger partial charge in [0.1, 0.15) is 18.1 Å². The highest BCUT2D eigenvalue weighted by Gasteiger charge is 2.41. The van der Waals surface area contributed by atoms with E-state index in [1.807, 2.05) is 6.92 Å². The quantitative estimate of drug-likeness (QED) is 0.242. The molecule has 0 spiro atoms. The molecule has 6 aromatic rings. The number of alkyl halides is 3. The molecule has 6 heterocycles. The lowest BCUT2D eigenvalue weighted by molar-refractivity contribution is -0.137. The molecule has 0 radical (unpaired) electrons. The molecule has 1 saturated heterocycles. The molecule has 2 aliphatic rings. The Morgan fingerprint density at radius 1 is 1.07 bits per heavy atom. The molecule has 18 heteroatoms. The second kappa shape index (κ2) is 12.9.